The SMILES string of the molecule is O=C(NC1CC=CCC1)C1CCCN1C1CCNCC1. The Hall–Kier alpha value is -0.870. The molecular formula is C16H27N3O. The van der Waals surface area contributed by atoms with E-state index in [1.165, 1.54) is 19.3 Å². The minimum atomic E-state index is 0.129. The maximum Gasteiger partial charge on any atom is 0.237 e. The van der Waals surface area contributed by atoms with Gasteiger partial charge in [0.1, 0.15) is 0 Å². The number of nitrogens with zero attached hydrogens (tertiary/aromatic N) is 1. The predicted molar refractivity (Wildman–Crippen MR) is 80.5 cm³/mol. The molecule has 0 bridgehead atoms. The molecule has 0 spiro atoms. The van der Waals surface area contributed by atoms with Crippen molar-refractivity contribution in [2.45, 2.75) is 63.1 Å². The minimum absolute atomic E-state index is 0.129. The van der Waals surface area contributed by atoms with E-state index >= 15 is 0 Å². The van der Waals surface area contributed by atoms with E-state index in [4.69, 9.17) is 0 Å². The monoisotopic (exact) mass is 277 g/mol. The van der Waals surface area contributed by atoms with Crippen molar-refractivity contribution in [2.24, 2.45) is 0 Å². The van der Waals surface area contributed by atoms with Crippen LogP contribution in [0.5, 0.6) is 0 Å². The Labute approximate surface area is 122 Å². The molecule has 3 aliphatic rings. The Bertz CT molecular complexity index is 363. The molecule has 112 valence electrons. The van der Waals surface area contributed by atoms with Crippen molar-refractivity contribution in [3.8, 4) is 0 Å². The number of allylic oxidation sites excluding steroid dienone is 1. The molecule has 2 aliphatic heterocycles. The lowest BCUT2D eigenvalue weighted by molar-refractivity contribution is -0.127. The lowest BCUT2D eigenvalue weighted by Crippen LogP contribution is -2.52. The van der Waals surface area contributed by atoms with E-state index in [-0.39, 0.29) is 11.9 Å². The number of amides is 1. The second kappa shape index (κ2) is 6.72. The highest BCUT2D eigenvalue weighted by Crippen LogP contribution is 2.25. The fourth-order valence-corrected chi connectivity index (χ4v) is 3.87. The highest BCUT2D eigenvalue weighted by Gasteiger charge is 2.36. The molecule has 4 heteroatoms. The molecule has 0 aromatic heterocycles. The maximum absolute atomic E-state index is 12.6. The van der Waals surface area contributed by atoms with Crippen LogP contribution in [0.3, 0.4) is 0 Å². The van der Waals surface area contributed by atoms with E-state index in [0.29, 0.717) is 12.1 Å². The maximum atomic E-state index is 12.6. The third-order valence-electron chi connectivity index (χ3n) is 4.99. The van der Waals surface area contributed by atoms with Crippen molar-refractivity contribution in [3.63, 3.8) is 0 Å². The Balaban J connectivity index is 1.56. The van der Waals surface area contributed by atoms with E-state index in [1.54, 1.807) is 0 Å². The first-order valence-corrected chi connectivity index (χ1v) is 8.26. The zero-order chi connectivity index (χ0) is 13.8. The Kier molecular flexibility index (Phi) is 4.73. The summed E-state index contributed by atoms with van der Waals surface area (Å²) in [5.41, 5.74) is 0. The van der Waals surface area contributed by atoms with Crippen LogP contribution in [0.25, 0.3) is 0 Å². The quantitative estimate of drug-likeness (QED) is 0.767. The summed E-state index contributed by atoms with van der Waals surface area (Å²) >= 11 is 0. The standard InChI is InChI=1S/C16H27N3O/c20-16(18-13-5-2-1-3-6-13)15-7-4-12-19(15)14-8-10-17-11-9-14/h1-2,13-15,17H,3-12H2,(H,18,20). The third-order valence-corrected chi connectivity index (χ3v) is 4.99. The van der Waals surface area contributed by atoms with Crippen molar-refractivity contribution < 1.29 is 4.79 Å². The minimum Gasteiger partial charge on any atom is -0.352 e. The van der Waals surface area contributed by atoms with Crippen LogP contribution in [-0.4, -0.2) is 48.6 Å². The van der Waals surface area contributed by atoms with Crippen molar-refractivity contribution >= 4 is 5.91 Å². The van der Waals surface area contributed by atoms with E-state index in [9.17, 15) is 4.79 Å². The van der Waals surface area contributed by atoms with E-state index < -0.39 is 0 Å². The van der Waals surface area contributed by atoms with Crippen molar-refractivity contribution in [1.29, 1.82) is 0 Å². The molecule has 1 amide bonds. The molecule has 2 N–H and O–H groups in total. The molecule has 20 heavy (non-hydrogen) atoms. The van der Waals surface area contributed by atoms with E-state index in [1.807, 2.05) is 0 Å². The van der Waals surface area contributed by atoms with Crippen LogP contribution >= 0.6 is 0 Å². The summed E-state index contributed by atoms with van der Waals surface area (Å²) in [4.78, 5) is 15.1. The van der Waals surface area contributed by atoms with Gasteiger partial charge in [0.15, 0.2) is 0 Å². The number of carbonyl (C=O) groups excluding carboxylic acids is 1. The van der Waals surface area contributed by atoms with Crippen LogP contribution in [0.15, 0.2) is 12.2 Å². The second-order valence-electron chi connectivity index (χ2n) is 6.37. The van der Waals surface area contributed by atoms with E-state index in [0.717, 1.165) is 45.3 Å². The fourth-order valence-electron chi connectivity index (χ4n) is 3.87. The van der Waals surface area contributed by atoms with Crippen LogP contribution in [0.2, 0.25) is 0 Å². The Morgan fingerprint density at radius 3 is 2.75 bits per heavy atom. The first kappa shape index (κ1) is 14.1. The molecule has 2 atom stereocenters. The van der Waals surface area contributed by atoms with Crippen LogP contribution in [0, 0.1) is 0 Å². The zero-order valence-corrected chi connectivity index (χ0v) is 12.3. The highest BCUT2D eigenvalue weighted by molar-refractivity contribution is 5.82. The zero-order valence-electron chi connectivity index (χ0n) is 12.3. The molecule has 2 saturated heterocycles. The van der Waals surface area contributed by atoms with Crippen molar-refractivity contribution in [1.82, 2.24) is 15.5 Å². The van der Waals surface area contributed by atoms with Gasteiger partial charge in [-0.05, 0) is 64.6 Å². The molecule has 3 rings (SSSR count). The number of likely N-dealkylation sites (tertiary alicyclic amines) is 1. The van der Waals surface area contributed by atoms with Gasteiger partial charge in [-0.3, -0.25) is 9.69 Å². The molecule has 2 fully saturated rings. The summed E-state index contributed by atoms with van der Waals surface area (Å²) in [6.45, 7) is 3.30. The van der Waals surface area contributed by atoms with Crippen molar-refractivity contribution in [2.75, 3.05) is 19.6 Å². The van der Waals surface area contributed by atoms with Crippen LogP contribution in [0.1, 0.15) is 44.9 Å². The summed E-state index contributed by atoms with van der Waals surface area (Å²) in [6.07, 6.45) is 12.2. The topological polar surface area (TPSA) is 44.4 Å². The van der Waals surface area contributed by atoms with Gasteiger partial charge in [-0.1, -0.05) is 12.2 Å². The fraction of sp³-hybridized carbons (Fsp3) is 0.812. The molecule has 0 aromatic carbocycles. The Morgan fingerprint density at radius 2 is 2.00 bits per heavy atom. The van der Waals surface area contributed by atoms with Gasteiger partial charge in [0.25, 0.3) is 0 Å². The van der Waals surface area contributed by atoms with Gasteiger partial charge in [-0.25, -0.2) is 0 Å². The smallest absolute Gasteiger partial charge is 0.237 e. The normalized spacial score (nSPS) is 32.4. The molecule has 2 heterocycles. The highest BCUT2D eigenvalue weighted by atomic mass is 16.2. The summed E-state index contributed by atoms with van der Waals surface area (Å²) in [5.74, 6) is 0.279. The van der Waals surface area contributed by atoms with Gasteiger partial charge >= 0.3 is 0 Å². The predicted octanol–water partition coefficient (Wildman–Crippen LogP) is 1.43. The van der Waals surface area contributed by atoms with Gasteiger partial charge in [0.05, 0.1) is 6.04 Å². The summed E-state index contributed by atoms with van der Waals surface area (Å²) in [5, 5.41) is 6.70. The third kappa shape index (κ3) is 3.23. The van der Waals surface area contributed by atoms with Gasteiger partial charge in [0, 0.05) is 12.1 Å². The van der Waals surface area contributed by atoms with Gasteiger partial charge in [-0.2, -0.15) is 0 Å². The first-order chi connectivity index (χ1) is 9.84. The summed E-state index contributed by atoms with van der Waals surface area (Å²) in [7, 11) is 0. The van der Waals surface area contributed by atoms with Crippen LogP contribution in [0.4, 0.5) is 0 Å². The van der Waals surface area contributed by atoms with Crippen LogP contribution < -0.4 is 10.6 Å². The Morgan fingerprint density at radius 1 is 1.15 bits per heavy atom. The lowest BCUT2D eigenvalue weighted by atomic mass is 10.0. The second-order valence-corrected chi connectivity index (χ2v) is 6.37. The average molecular weight is 277 g/mol. The number of rotatable bonds is 3. The molecule has 0 aromatic rings. The molecule has 4 nitrogen and oxygen atoms in total. The first-order valence-electron chi connectivity index (χ1n) is 8.26. The molecular weight excluding hydrogens is 250 g/mol. The van der Waals surface area contributed by atoms with Crippen LogP contribution in [-0.2, 0) is 4.79 Å². The summed E-state index contributed by atoms with van der Waals surface area (Å²) < 4.78 is 0. The number of nitrogens with one attached hydrogen (secondary N) is 2. The average Bonchev–Trinajstić information content (AvgIpc) is 2.99. The molecule has 2 unspecified atom stereocenters. The van der Waals surface area contributed by atoms with Gasteiger partial charge < -0.3 is 10.6 Å². The molecule has 0 radical (unpaired) electrons. The number of piperidine rings is 1. The number of hydrogen-bond acceptors (Lipinski definition) is 3. The van der Waals surface area contributed by atoms with Crippen molar-refractivity contribution in [3.05, 3.63) is 12.2 Å². The lowest BCUT2D eigenvalue weighted by Gasteiger charge is -2.35. The van der Waals surface area contributed by atoms with E-state index in [2.05, 4.69) is 27.7 Å². The molecule has 0 saturated carbocycles. The van der Waals surface area contributed by atoms with Gasteiger partial charge in [-0.15, -0.1) is 0 Å². The summed E-state index contributed by atoms with van der Waals surface area (Å²) in [6, 6.07) is 1.10. The van der Waals surface area contributed by atoms with Gasteiger partial charge in [0.2, 0.25) is 5.91 Å². The largest absolute Gasteiger partial charge is 0.352 e. The molecule has 1 aliphatic carbocycles. The number of hydrogen-bond donors (Lipinski definition) is 2. The number of carbonyl (C=O) groups is 1.